The summed E-state index contributed by atoms with van der Waals surface area (Å²) in [6, 6.07) is 0.200. The van der Waals surface area contributed by atoms with Crippen molar-refractivity contribution in [1.82, 2.24) is 10.1 Å². The molecular formula is C12H21N3OS. The Balaban J connectivity index is 1.78. The van der Waals surface area contributed by atoms with Gasteiger partial charge in [-0.25, -0.2) is 0 Å². The van der Waals surface area contributed by atoms with E-state index in [1.54, 1.807) is 0 Å². The van der Waals surface area contributed by atoms with Gasteiger partial charge < -0.3 is 10.3 Å². The first-order valence-corrected chi connectivity index (χ1v) is 7.42. The highest BCUT2D eigenvalue weighted by Gasteiger charge is 2.29. The van der Waals surface area contributed by atoms with E-state index in [1.165, 1.54) is 19.3 Å². The lowest BCUT2D eigenvalue weighted by molar-refractivity contribution is 0.360. The summed E-state index contributed by atoms with van der Waals surface area (Å²) in [5.41, 5.74) is 6.03. The Morgan fingerprint density at radius 1 is 1.53 bits per heavy atom. The molecule has 2 unspecified atom stereocenters. The predicted molar refractivity (Wildman–Crippen MR) is 69.7 cm³/mol. The van der Waals surface area contributed by atoms with Gasteiger partial charge >= 0.3 is 0 Å². The maximum Gasteiger partial charge on any atom is 0.228 e. The molecule has 1 heterocycles. The molecule has 1 fully saturated rings. The van der Waals surface area contributed by atoms with E-state index < -0.39 is 0 Å². The van der Waals surface area contributed by atoms with E-state index in [9.17, 15) is 0 Å². The molecule has 4 nitrogen and oxygen atoms in total. The van der Waals surface area contributed by atoms with Crippen molar-refractivity contribution in [1.29, 1.82) is 0 Å². The van der Waals surface area contributed by atoms with Crippen LogP contribution in [0.3, 0.4) is 0 Å². The molecule has 1 aromatic heterocycles. The first-order valence-electron chi connectivity index (χ1n) is 6.37. The Morgan fingerprint density at radius 2 is 2.29 bits per heavy atom. The number of nitrogens with two attached hydrogens (primary N) is 1. The van der Waals surface area contributed by atoms with Gasteiger partial charge in [0.15, 0.2) is 5.82 Å². The Kier molecular flexibility index (Phi) is 4.45. The van der Waals surface area contributed by atoms with E-state index in [1.807, 2.05) is 11.8 Å². The summed E-state index contributed by atoms with van der Waals surface area (Å²) >= 11 is 1.86. The van der Waals surface area contributed by atoms with Crippen molar-refractivity contribution in [3.8, 4) is 0 Å². The van der Waals surface area contributed by atoms with Crippen molar-refractivity contribution in [2.24, 2.45) is 11.7 Å². The lowest BCUT2D eigenvalue weighted by atomic mass is 10.1. The molecule has 1 saturated carbocycles. The van der Waals surface area contributed by atoms with Gasteiger partial charge in [-0.2, -0.15) is 16.7 Å². The first-order chi connectivity index (χ1) is 8.19. The average molecular weight is 255 g/mol. The summed E-state index contributed by atoms with van der Waals surface area (Å²) in [6.07, 6.45) is 4.41. The number of aromatic nitrogens is 2. The molecular weight excluding hydrogens is 234 g/mol. The summed E-state index contributed by atoms with van der Waals surface area (Å²) < 4.78 is 5.22. The molecule has 2 atom stereocenters. The van der Waals surface area contributed by atoms with Crippen LogP contribution in [0, 0.1) is 5.92 Å². The molecule has 0 amide bonds. The van der Waals surface area contributed by atoms with Gasteiger partial charge in [-0.3, -0.25) is 0 Å². The van der Waals surface area contributed by atoms with Crippen molar-refractivity contribution < 1.29 is 4.52 Å². The van der Waals surface area contributed by atoms with Crippen LogP contribution < -0.4 is 5.73 Å². The van der Waals surface area contributed by atoms with Crippen LogP contribution in [0.2, 0.25) is 0 Å². The van der Waals surface area contributed by atoms with Crippen LogP contribution in [0.15, 0.2) is 4.52 Å². The number of hydrogen-bond acceptors (Lipinski definition) is 5. The Bertz CT molecular complexity index is 351. The molecule has 0 aromatic carbocycles. The smallest absolute Gasteiger partial charge is 0.228 e. The molecule has 0 spiro atoms. The van der Waals surface area contributed by atoms with E-state index >= 15 is 0 Å². The van der Waals surface area contributed by atoms with E-state index in [0.717, 1.165) is 18.0 Å². The number of thioether (sulfide) groups is 1. The summed E-state index contributed by atoms with van der Waals surface area (Å²) in [5, 5.41) is 4.64. The highest BCUT2D eigenvalue weighted by molar-refractivity contribution is 7.99. The molecule has 96 valence electrons. The van der Waals surface area contributed by atoms with Crippen molar-refractivity contribution >= 4 is 11.8 Å². The van der Waals surface area contributed by atoms with Crippen LogP contribution in [-0.2, 0) is 12.2 Å². The maximum atomic E-state index is 6.03. The Hall–Kier alpha value is -0.550. The zero-order chi connectivity index (χ0) is 12.3. The van der Waals surface area contributed by atoms with Crippen molar-refractivity contribution in [3.05, 3.63) is 11.7 Å². The van der Waals surface area contributed by atoms with Crippen LogP contribution >= 0.6 is 11.8 Å². The molecule has 0 radical (unpaired) electrons. The zero-order valence-electron chi connectivity index (χ0n) is 10.6. The van der Waals surface area contributed by atoms with Gasteiger partial charge in [0, 0.05) is 17.7 Å². The summed E-state index contributed by atoms with van der Waals surface area (Å²) in [6.45, 7) is 4.41. The fourth-order valence-corrected chi connectivity index (χ4v) is 2.45. The SMILES string of the molecule is CCC(C)SCc1noc(CC(N)C2CC2)n1. The first kappa shape index (κ1) is 12.9. The van der Waals surface area contributed by atoms with Crippen LogP contribution in [-0.4, -0.2) is 21.4 Å². The van der Waals surface area contributed by atoms with E-state index in [4.69, 9.17) is 10.3 Å². The second kappa shape index (κ2) is 5.87. The van der Waals surface area contributed by atoms with Crippen molar-refractivity contribution in [3.63, 3.8) is 0 Å². The second-order valence-electron chi connectivity index (χ2n) is 4.84. The van der Waals surface area contributed by atoms with Gasteiger partial charge in [-0.15, -0.1) is 0 Å². The fourth-order valence-electron chi connectivity index (χ4n) is 1.66. The zero-order valence-corrected chi connectivity index (χ0v) is 11.4. The maximum absolute atomic E-state index is 6.03. The third-order valence-corrected chi connectivity index (χ3v) is 4.55. The molecule has 1 aromatic rings. The number of rotatable bonds is 7. The third-order valence-electron chi connectivity index (χ3n) is 3.22. The minimum Gasteiger partial charge on any atom is -0.339 e. The largest absolute Gasteiger partial charge is 0.339 e. The molecule has 2 N–H and O–H groups in total. The van der Waals surface area contributed by atoms with Crippen LogP contribution in [0.25, 0.3) is 0 Å². The van der Waals surface area contributed by atoms with E-state index in [0.29, 0.717) is 17.1 Å². The van der Waals surface area contributed by atoms with Gasteiger partial charge in [-0.05, 0) is 25.2 Å². The Morgan fingerprint density at radius 3 is 2.94 bits per heavy atom. The number of hydrogen-bond donors (Lipinski definition) is 1. The third kappa shape index (κ3) is 4.00. The monoisotopic (exact) mass is 255 g/mol. The van der Waals surface area contributed by atoms with Gasteiger partial charge in [0.1, 0.15) is 0 Å². The second-order valence-corrected chi connectivity index (χ2v) is 6.27. The molecule has 0 bridgehead atoms. The van der Waals surface area contributed by atoms with Gasteiger partial charge in [0.05, 0.1) is 5.75 Å². The molecule has 0 saturated heterocycles. The molecule has 0 aliphatic heterocycles. The van der Waals surface area contributed by atoms with Gasteiger partial charge in [-0.1, -0.05) is 19.0 Å². The normalized spacial score (nSPS) is 19.2. The van der Waals surface area contributed by atoms with Crippen molar-refractivity contribution in [2.45, 2.75) is 56.6 Å². The van der Waals surface area contributed by atoms with Gasteiger partial charge in [0.25, 0.3) is 0 Å². The van der Waals surface area contributed by atoms with Crippen LogP contribution in [0.4, 0.5) is 0 Å². The molecule has 5 heteroatoms. The minimum absolute atomic E-state index is 0.200. The van der Waals surface area contributed by atoms with Gasteiger partial charge in [0.2, 0.25) is 5.89 Å². The molecule has 17 heavy (non-hydrogen) atoms. The van der Waals surface area contributed by atoms with E-state index in [-0.39, 0.29) is 6.04 Å². The van der Waals surface area contributed by atoms with Crippen molar-refractivity contribution in [2.75, 3.05) is 0 Å². The average Bonchev–Trinajstić information content (AvgIpc) is 3.09. The predicted octanol–water partition coefficient (Wildman–Crippen LogP) is 2.38. The fraction of sp³-hybridized carbons (Fsp3) is 0.833. The molecule has 2 rings (SSSR count). The molecule has 1 aliphatic rings. The lowest BCUT2D eigenvalue weighted by Gasteiger charge is -2.05. The highest BCUT2D eigenvalue weighted by atomic mass is 32.2. The summed E-state index contributed by atoms with van der Waals surface area (Å²) in [7, 11) is 0. The lowest BCUT2D eigenvalue weighted by Crippen LogP contribution is -2.25. The standard InChI is InChI=1S/C12H21N3OS/c1-3-8(2)17-7-11-14-12(16-15-11)6-10(13)9-4-5-9/h8-10H,3-7,13H2,1-2H3. The minimum atomic E-state index is 0.200. The van der Waals surface area contributed by atoms with Crippen LogP contribution in [0.5, 0.6) is 0 Å². The quantitative estimate of drug-likeness (QED) is 0.810. The summed E-state index contributed by atoms with van der Waals surface area (Å²) in [5.74, 6) is 3.01. The number of nitrogens with zero attached hydrogens (tertiary/aromatic N) is 2. The topological polar surface area (TPSA) is 64.9 Å². The molecule has 1 aliphatic carbocycles. The Labute approximate surface area is 107 Å². The highest BCUT2D eigenvalue weighted by Crippen LogP contribution is 2.32. The van der Waals surface area contributed by atoms with E-state index in [2.05, 4.69) is 24.0 Å². The van der Waals surface area contributed by atoms with Crippen LogP contribution in [0.1, 0.15) is 44.8 Å². The summed E-state index contributed by atoms with van der Waals surface area (Å²) in [4.78, 5) is 4.39.